The van der Waals surface area contributed by atoms with Crippen LogP contribution >= 0.6 is 0 Å². The third-order valence-corrected chi connectivity index (χ3v) is 7.63. The first kappa shape index (κ1) is 16.0. The third-order valence-electron chi connectivity index (χ3n) is 7.63. The molecule has 1 unspecified atom stereocenters. The molecule has 4 rings (SSSR count). The molecule has 0 aliphatic heterocycles. The molecular weight excluding hydrogens is 300 g/mol. The quantitative estimate of drug-likeness (QED) is 0.812. The number of carbonyl (C=O) groups is 1. The molecule has 130 valence electrons. The van der Waals surface area contributed by atoms with E-state index in [1.54, 1.807) is 14.2 Å². The molecule has 3 aliphatic rings. The van der Waals surface area contributed by atoms with Gasteiger partial charge in [-0.2, -0.15) is 0 Å². The Kier molecular flexibility index (Phi) is 3.49. The zero-order chi connectivity index (χ0) is 17.1. The summed E-state index contributed by atoms with van der Waals surface area (Å²) >= 11 is 0. The van der Waals surface area contributed by atoms with Crippen LogP contribution in [0.5, 0.6) is 11.5 Å². The minimum atomic E-state index is -0.0742. The van der Waals surface area contributed by atoms with Crippen molar-refractivity contribution in [3.05, 3.63) is 23.3 Å². The van der Waals surface area contributed by atoms with Crippen molar-refractivity contribution in [2.75, 3.05) is 14.2 Å². The Balaban J connectivity index is 2.04. The Morgan fingerprint density at radius 3 is 2.54 bits per heavy atom. The Hall–Kier alpha value is -1.51. The summed E-state index contributed by atoms with van der Waals surface area (Å²) in [5.41, 5.74) is 2.61. The van der Waals surface area contributed by atoms with Crippen molar-refractivity contribution < 1.29 is 14.3 Å². The van der Waals surface area contributed by atoms with Gasteiger partial charge in [-0.15, -0.1) is 0 Å². The Morgan fingerprint density at radius 1 is 1.12 bits per heavy atom. The van der Waals surface area contributed by atoms with Gasteiger partial charge in [0.2, 0.25) is 0 Å². The lowest BCUT2D eigenvalue weighted by Crippen LogP contribution is -2.57. The van der Waals surface area contributed by atoms with Gasteiger partial charge in [-0.05, 0) is 55.6 Å². The molecule has 0 saturated heterocycles. The number of carbonyl (C=O) groups excluding carboxylic acids is 1. The van der Waals surface area contributed by atoms with Crippen LogP contribution in [0.15, 0.2) is 12.1 Å². The number of hydrogen-bond donors (Lipinski definition) is 0. The van der Waals surface area contributed by atoms with Crippen LogP contribution in [0.2, 0.25) is 0 Å². The van der Waals surface area contributed by atoms with Crippen LogP contribution in [0.25, 0.3) is 0 Å². The number of Topliss-reactive ketones (excluding diaryl/α,β-unsaturated/α-hetero) is 1. The highest BCUT2D eigenvalue weighted by atomic mass is 16.5. The molecule has 2 saturated carbocycles. The first-order valence-electron chi connectivity index (χ1n) is 9.26. The van der Waals surface area contributed by atoms with E-state index in [9.17, 15) is 4.79 Å². The van der Waals surface area contributed by atoms with Crippen molar-refractivity contribution in [2.45, 2.75) is 57.8 Å². The molecule has 3 aliphatic carbocycles. The van der Waals surface area contributed by atoms with E-state index < -0.39 is 0 Å². The van der Waals surface area contributed by atoms with E-state index in [4.69, 9.17) is 9.47 Å². The van der Waals surface area contributed by atoms with Gasteiger partial charge in [0.1, 0.15) is 17.3 Å². The van der Waals surface area contributed by atoms with E-state index in [0.717, 1.165) is 50.0 Å². The van der Waals surface area contributed by atoms with E-state index >= 15 is 0 Å². The lowest BCUT2D eigenvalue weighted by atomic mass is 9.45. The van der Waals surface area contributed by atoms with Gasteiger partial charge in [0, 0.05) is 28.9 Å². The normalized spacial score (nSPS) is 37.4. The molecule has 3 nitrogen and oxygen atoms in total. The van der Waals surface area contributed by atoms with Crippen LogP contribution in [-0.2, 0) is 16.6 Å². The van der Waals surface area contributed by atoms with Crippen LogP contribution in [0, 0.1) is 17.3 Å². The van der Waals surface area contributed by atoms with E-state index in [2.05, 4.69) is 13.8 Å². The number of ether oxygens (including phenoxy) is 2. The molecule has 24 heavy (non-hydrogen) atoms. The summed E-state index contributed by atoms with van der Waals surface area (Å²) in [6, 6.07) is 4.06. The fourth-order valence-corrected chi connectivity index (χ4v) is 6.35. The van der Waals surface area contributed by atoms with Crippen molar-refractivity contribution in [3.63, 3.8) is 0 Å². The maximum atomic E-state index is 12.9. The van der Waals surface area contributed by atoms with Crippen LogP contribution in [0.1, 0.15) is 57.1 Å². The molecule has 0 bridgehead atoms. The lowest BCUT2D eigenvalue weighted by Gasteiger charge is -2.58. The summed E-state index contributed by atoms with van der Waals surface area (Å²) in [6.45, 7) is 4.79. The van der Waals surface area contributed by atoms with Gasteiger partial charge in [-0.1, -0.05) is 13.8 Å². The Bertz CT molecular complexity index is 695. The van der Waals surface area contributed by atoms with E-state index in [-0.39, 0.29) is 16.7 Å². The van der Waals surface area contributed by atoms with E-state index in [1.165, 1.54) is 11.1 Å². The average Bonchev–Trinajstić information content (AvgIpc) is 2.85. The second-order valence-corrected chi connectivity index (χ2v) is 8.24. The molecule has 3 heteroatoms. The molecule has 2 fully saturated rings. The summed E-state index contributed by atoms with van der Waals surface area (Å²) in [4.78, 5) is 12.9. The van der Waals surface area contributed by atoms with Crippen molar-refractivity contribution >= 4 is 5.78 Å². The fraction of sp³-hybridized carbons (Fsp3) is 0.667. The molecular formula is C21H28O3. The monoisotopic (exact) mass is 328 g/mol. The highest BCUT2D eigenvalue weighted by Crippen LogP contribution is 2.69. The van der Waals surface area contributed by atoms with Crippen LogP contribution in [-0.4, -0.2) is 20.0 Å². The summed E-state index contributed by atoms with van der Waals surface area (Å²) in [5.74, 6) is 3.12. The highest BCUT2D eigenvalue weighted by Gasteiger charge is 2.66. The number of rotatable bonds is 2. The first-order valence-corrected chi connectivity index (χ1v) is 9.26. The predicted octanol–water partition coefficient (Wildman–Crippen LogP) is 4.30. The molecule has 0 amide bonds. The van der Waals surface area contributed by atoms with Gasteiger partial charge in [-0.3, -0.25) is 4.79 Å². The standard InChI is InChI=1S/C21H28O3/c1-13-7-8-15-16(22)6-5-11-21(15)19-14(12-20(13,21)2)17(23-3)9-10-18(19)24-4/h9-10,13,15H,5-8,11-12H2,1-4H3/t13-,15?,20+,21+/m1/s1. The minimum Gasteiger partial charge on any atom is -0.496 e. The van der Waals surface area contributed by atoms with Crippen LogP contribution in [0.3, 0.4) is 0 Å². The van der Waals surface area contributed by atoms with Crippen LogP contribution in [0.4, 0.5) is 0 Å². The maximum Gasteiger partial charge on any atom is 0.136 e. The third kappa shape index (κ3) is 1.71. The van der Waals surface area contributed by atoms with Gasteiger partial charge in [0.15, 0.2) is 0 Å². The van der Waals surface area contributed by atoms with Crippen molar-refractivity contribution in [1.82, 2.24) is 0 Å². The maximum absolute atomic E-state index is 12.9. The lowest BCUT2D eigenvalue weighted by molar-refractivity contribution is -0.137. The number of ketones is 1. The van der Waals surface area contributed by atoms with Crippen LogP contribution < -0.4 is 9.47 Å². The molecule has 4 atom stereocenters. The minimum absolute atomic E-state index is 0.0742. The number of hydrogen-bond acceptors (Lipinski definition) is 3. The second-order valence-electron chi connectivity index (χ2n) is 8.24. The van der Waals surface area contributed by atoms with E-state index in [0.29, 0.717) is 11.7 Å². The van der Waals surface area contributed by atoms with Gasteiger partial charge in [0.05, 0.1) is 14.2 Å². The first-order chi connectivity index (χ1) is 11.5. The Labute approximate surface area is 144 Å². The van der Waals surface area contributed by atoms with Crippen molar-refractivity contribution in [3.8, 4) is 11.5 Å². The molecule has 0 radical (unpaired) electrons. The second kappa shape index (κ2) is 5.24. The fourth-order valence-electron chi connectivity index (χ4n) is 6.35. The van der Waals surface area contributed by atoms with E-state index in [1.807, 2.05) is 12.1 Å². The van der Waals surface area contributed by atoms with Gasteiger partial charge >= 0.3 is 0 Å². The molecule has 0 aromatic heterocycles. The highest BCUT2D eigenvalue weighted by molar-refractivity contribution is 5.85. The summed E-state index contributed by atoms with van der Waals surface area (Å²) in [6.07, 6.45) is 6.01. The largest absolute Gasteiger partial charge is 0.496 e. The zero-order valence-electron chi connectivity index (χ0n) is 15.3. The molecule has 1 aromatic carbocycles. The number of fused-ring (bicyclic) bond motifs is 1. The van der Waals surface area contributed by atoms with Crippen molar-refractivity contribution in [1.29, 1.82) is 0 Å². The topological polar surface area (TPSA) is 35.5 Å². The predicted molar refractivity (Wildman–Crippen MR) is 93.8 cm³/mol. The number of methoxy groups -OCH3 is 2. The van der Waals surface area contributed by atoms with Gasteiger partial charge in [-0.25, -0.2) is 0 Å². The Morgan fingerprint density at radius 2 is 1.83 bits per heavy atom. The molecule has 1 aromatic rings. The van der Waals surface area contributed by atoms with Crippen molar-refractivity contribution in [2.24, 2.45) is 17.3 Å². The number of benzene rings is 1. The van der Waals surface area contributed by atoms with Gasteiger partial charge in [0.25, 0.3) is 0 Å². The molecule has 0 N–H and O–H groups in total. The average molecular weight is 328 g/mol. The smallest absolute Gasteiger partial charge is 0.136 e. The summed E-state index contributed by atoms with van der Waals surface area (Å²) in [5, 5.41) is 0. The molecule has 1 spiro atoms. The summed E-state index contributed by atoms with van der Waals surface area (Å²) in [7, 11) is 3.50. The SMILES string of the molecule is COc1ccc(OC)c2c1C[C@@]1(C)[C@H](C)CCC3C(=O)CCC[C@@]231. The zero-order valence-corrected chi connectivity index (χ0v) is 15.3. The molecule has 0 heterocycles. The summed E-state index contributed by atoms with van der Waals surface area (Å²) < 4.78 is 11.5. The van der Waals surface area contributed by atoms with Gasteiger partial charge < -0.3 is 9.47 Å².